The topological polar surface area (TPSA) is 105 Å². The van der Waals surface area contributed by atoms with Crippen molar-refractivity contribution in [3.8, 4) is 0 Å². The first-order chi connectivity index (χ1) is 15.3. The van der Waals surface area contributed by atoms with Crippen LogP contribution in [0.2, 0.25) is 5.02 Å². The quantitative estimate of drug-likeness (QED) is 0.566. The van der Waals surface area contributed by atoms with E-state index < -0.39 is 10.0 Å². The molecule has 0 unspecified atom stereocenters. The van der Waals surface area contributed by atoms with E-state index in [4.69, 9.17) is 16.3 Å². The Morgan fingerprint density at radius 3 is 2.47 bits per heavy atom. The number of sulfonamides is 1. The van der Waals surface area contributed by atoms with Crippen LogP contribution in [0.5, 0.6) is 0 Å². The van der Waals surface area contributed by atoms with E-state index in [1.807, 2.05) is 0 Å². The van der Waals surface area contributed by atoms with Crippen LogP contribution in [0.3, 0.4) is 0 Å². The molecule has 1 heterocycles. The predicted octanol–water partition coefficient (Wildman–Crippen LogP) is 2.82. The van der Waals surface area contributed by atoms with Crippen molar-refractivity contribution < 1.29 is 22.7 Å². The molecular formula is C22H26ClN3O5S. The van der Waals surface area contributed by atoms with Crippen molar-refractivity contribution in [2.45, 2.75) is 24.7 Å². The van der Waals surface area contributed by atoms with Crippen LogP contribution >= 0.6 is 11.6 Å². The van der Waals surface area contributed by atoms with E-state index in [0.29, 0.717) is 41.5 Å². The van der Waals surface area contributed by atoms with Gasteiger partial charge in [-0.15, -0.1) is 0 Å². The van der Waals surface area contributed by atoms with Crippen LogP contribution < -0.4 is 10.6 Å². The summed E-state index contributed by atoms with van der Waals surface area (Å²) >= 11 is 5.82. The molecule has 0 aliphatic carbocycles. The van der Waals surface area contributed by atoms with Gasteiger partial charge in [0.1, 0.15) is 0 Å². The van der Waals surface area contributed by atoms with E-state index in [1.54, 1.807) is 37.3 Å². The smallest absolute Gasteiger partial charge is 0.251 e. The number of nitrogens with one attached hydrogen (secondary N) is 2. The van der Waals surface area contributed by atoms with Crippen LogP contribution in [0.1, 0.15) is 28.8 Å². The third-order valence-electron chi connectivity index (χ3n) is 5.06. The molecule has 172 valence electrons. The summed E-state index contributed by atoms with van der Waals surface area (Å²) in [7, 11) is -3.69. The fourth-order valence-corrected chi connectivity index (χ4v) is 4.81. The molecule has 0 aromatic heterocycles. The summed E-state index contributed by atoms with van der Waals surface area (Å²) in [6.07, 6.45) is 0.670. The number of rotatable bonds is 8. The average Bonchev–Trinajstić information content (AvgIpc) is 2.79. The van der Waals surface area contributed by atoms with Crippen LogP contribution in [-0.4, -0.2) is 57.4 Å². The molecule has 0 atom stereocenters. The van der Waals surface area contributed by atoms with E-state index in [1.165, 1.54) is 16.4 Å². The van der Waals surface area contributed by atoms with E-state index in [0.717, 1.165) is 0 Å². The second-order valence-corrected chi connectivity index (χ2v) is 9.78. The average molecular weight is 480 g/mol. The van der Waals surface area contributed by atoms with Gasteiger partial charge in [-0.2, -0.15) is 4.31 Å². The van der Waals surface area contributed by atoms with Crippen molar-refractivity contribution in [2.24, 2.45) is 0 Å². The number of ether oxygens (including phenoxy) is 1. The first-order valence-corrected chi connectivity index (χ1v) is 12.1. The first-order valence-electron chi connectivity index (χ1n) is 10.3. The minimum Gasteiger partial charge on any atom is -0.379 e. The number of carbonyl (C=O) groups excluding carboxylic acids is 2. The summed E-state index contributed by atoms with van der Waals surface area (Å²) in [5.74, 6) is -0.545. The molecule has 1 fully saturated rings. The number of nitrogens with zero attached hydrogens (tertiary/aromatic N) is 1. The number of halogens is 1. The summed E-state index contributed by atoms with van der Waals surface area (Å²) in [6, 6.07) is 11.3. The maximum absolute atomic E-state index is 12.9. The molecule has 0 saturated carbocycles. The van der Waals surface area contributed by atoms with Gasteiger partial charge < -0.3 is 15.4 Å². The van der Waals surface area contributed by atoms with Gasteiger partial charge in [0.15, 0.2) is 0 Å². The Balaban J connectivity index is 1.54. The third-order valence-corrected chi connectivity index (χ3v) is 7.20. The molecular weight excluding hydrogens is 454 g/mol. The summed E-state index contributed by atoms with van der Waals surface area (Å²) in [4.78, 5) is 24.8. The minimum atomic E-state index is -3.69. The summed E-state index contributed by atoms with van der Waals surface area (Å²) in [5, 5.41) is 6.11. The highest BCUT2D eigenvalue weighted by Gasteiger charge is 2.27. The van der Waals surface area contributed by atoms with Gasteiger partial charge in [-0.1, -0.05) is 17.7 Å². The van der Waals surface area contributed by atoms with Crippen LogP contribution in [0, 0.1) is 6.92 Å². The maximum Gasteiger partial charge on any atom is 0.251 e. The molecule has 8 nitrogen and oxygen atoms in total. The zero-order valence-electron chi connectivity index (χ0n) is 17.8. The molecule has 0 radical (unpaired) electrons. The number of amides is 2. The maximum atomic E-state index is 12.9. The van der Waals surface area contributed by atoms with Crippen molar-refractivity contribution in [1.82, 2.24) is 9.62 Å². The molecule has 1 aliphatic rings. The van der Waals surface area contributed by atoms with Gasteiger partial charge in [-0.05, 0) is 55.3 Å². The van der Waals surface area contributed by atoms with Gasteiger partial charge in [0, 0.05) is 42.3 Å². The van der Waals surface area contributed by atoms with Gasteiger partial charge >= 0.3 is 0 Å². The van der Waals surface area contributed by atoms with Crippen LogP contribution in [0.25, 0.3) is 0 Å². The second kappa shape index (κ2) is 10.9. The molecule has 10 heteroatoms. The Hall–Kier alpha value is -2.46. The van der Waals surface area contributed by atoms with Crippen molar-refractivity contribution in [2.75, 3.05) is 38.2 Å². The van der Waals surface area contributed by atoms with Crippen molar-refractivity contribution >= 4 is 39.1 Å². The molecule has 2 amide bonds. The van der Waals surface area contributed by atoms with Crippen molar-refractivity contribution in [1.29, 1.82) is 0 Å². The second-order valence-electron chi connectivity index (χ2n) is 7.41. The molecule has 2 aromatic carbocycles. The Morgan fingerprint density at radius 1 is 1.09 bits per heavy atom. The Kier molecular flexibility index (Phi) is 8.25. The molecule has 2 N–H and O–H groups in total. The lowest BCUT2D eigenvalue weighted by Gasteiger charge is -2.26. The van der Waals surface area contributed by atoms with Gasteiger partial charge in [-0.3, -0.25) is 9.59 Å². The number of morpholine rings is 1. The zero-order valence-corrected chi connectivity index (χ0v) is 19.3. The fraction of sp³-hybridized carbons (Fsp3) is 0.364. The van der Waals surface area contributed by atoms with Gasteiger partial charge in [-0.25, -0.2) is 8.42 Å². The Morgan fingerprint density at radius 2 is 1.78 bits per heavy atom. The highest BCUT2D eigenvalue weighted by Crippen LogP contribution is 2.21. The number of anilines is 1. The van der Waals surface area contributed by atoms with E-state index in [-0.39, 0.29) is 42.8 Å². The number of hydrogen-bond donors (Lipinski definition) is 2. The molecule has 32 heavy (non-hydrogen) atoms. The lowest BCUT2D eigenvalue weighted by Crippen LogP contribution is -2.40. The normalized spacial score (nSPS) is 14.7. The Labute approximate surface area is 192 Å². The molecule has 0 spiro atoms. The number of hydrogen-bond acceptors (Lipinski definition) is 5. The first kappa shape index (κ1) is 24.2. The van der Waals surface area contributed by atoms with Gasteiger partial charge in [0.05, 0.1) is 18.1 Å². The largest absolute Gasteiger partial charge is 0.379 e. The SMILES string of the molecule is Cc1ccc(S(=O)(=O)N2CCOCC2)cc1C(=O)NCCCC(=O)Nc1ccc(Cl)cc1. The third kappa shape index (κ3) is 6.29. The Bertz CT molecular complexity index is 1070. The summed E-state index contributed by atoms with van der Waals surface area (Å²) < 4.78 is 32.3. The minimum absolute atomic E-state index is 0.0810. The predicted molar refractivity (Wildman–Crippen MR) is 122 cm³/mol. The van der Waals surface area contributed by atoms with Gasteiger partial charge in [0.25, 0.3) is 5.91 Å². The zero-order chi connectivity index (χ0) is 23.1. The number of aryl methyl sites for hydroxylation is 1. The number of carbonyl (C=O) groups is 2. The van der Waals surface area contributed by atoms with E-state index in [9.17, 15) is 18.0 Å². The van der Waals surface area contributed by atoms with E-state index >= 15 is 0 Å². The van der Waals surface area contributed by atoms with Crippen molar-refractivity contribution in [3.05, 3.63) is 58.6 Å². The summed E-state index contributed by atoms with van der Waals surface area (Å²) in [6.45, 7) is 3.31. The monoisotopic (exact) mass is 479 g/mol. The molecule has 1 saturated heterocycles. The lowest BCUT2D eigenvalue weighted by molar-refractivity contribution is -0.116. The highest BCUT2D eigenvalue weighted by atomic mass is 35.5. The van der Waals surface area contributed by atoms with Crippen LogP contribution in [0.4, 0.5) is 5.69 Å². The fourth-order valence-electron chi connectivity index (χ4n) is 3.25. The van der Waals surface area contributed by atoms with Crippen molar-refractivity contribution in [3.63, 3.8) is 0 Å². The molecule has 3 rings (SSSR count). The van der Waals surface area contributed by atoms with Gasteiger partial charge in [0.2, 0.25) is 15.9 Å². The van der Waals surface area contributed by atoms with Crippen LogP contribution in [-0.2, 0) is 19.6 Å². The summed E-state index contributed by atoms with van der Waals surface area (Å²) in [5.41, 5.74) is 1.62. The molecule has 1 aliphatic heterocycles. The molecule has 2 aromatic rings. The van der Waals surface area contributed by atoms with E-state index in [2.05, 4.69) is 10.6 Å². The standard InChI is InChI=1S/C22H26ClN3O5S/c1-16-4-9-19(32(29,30)26-11-13-31-14-12-26)15-20(16)22(28)24-10-2-3-21(27)25-18-7-5-17(23)6-8-18/h4-9,15H,2-3,10-14H2,1H3,(H,24,28)(H,25,27). The lowest BCUT2D eigenvalue weighted by atomic mass is 10.1. The number of benzene rings is 2. The molecule has 0 bridgehead atoms. The van der Waals surface area contributed by atoms with Crippen LogP contribution in [0.15, 0.2) is 47.4 Å². The highest BCUT2D eigenvalue weighted by molar-refractivity contribution is 7.89.